The molecule has 1 aromatic carbocycles. The first-order chi connectivity index (χ1) is 15.4. The fourth-order valence-corrected chi connectivity index (χ4v) is 4.59. The van der Waals surface area contributed by atoms with Gasteiger partial charge in [0.15, 0.2) is 6.26 Å². The van der Waals surface area contributed by atoms with Crippen molar-refractivity contribution in [3.05, 3.63) is 52.4 Å². The second-order valence-electron chi connectivity index (χ2n) is 10.3. The molecule has 2 amide bonds. The summed E-state index contributed by atoms with van der Waals surface area (Å²) in [6, 6.07) is 4.32. The molecule has 0 bridgehead atoms. The lowest BCUT2D eigenvalue weighted by atomic mass is 9.84. The molecule has 3 atom stereocenters. The summed E-state index contributed by atoms with van der Waals surface area (Å²) < 4.78 is 7.08. The molecule has 1 aliphatic heterocycles. The Labute approximate surface area is 200 Å². The van der Waals surface area contributed by atoms with Crippen LogP contribution in [0.25, 0.3) is 0 Å². The van der Waals surface area contributed by atoms with Gasteiger partial charge in [0.2, 0.25) is 12.1 Å². The zero-order valence-electron chi connectivity index (χ0n) is 20.3. The maximum absolute atomic E-state index is 13.5. The quantitative estimate of drug-likeness (QED) is 0.626. The van der Waals surface area contributed by atoms with E-state index in [1.54, 1.807) is 12.5 Å². The number of likely N-dealkylation sites (tertiary alicyclic amines) is 1. The molecule has 0 radical (unpaired) electrons. The van der Waals surface area contributed by atoms with Crippen molar-refractivity contribution in [3.8, 4) is 0 Å². The van der Waals surface area contributed by atoms with Crippen molar-refractivity contribution in [2.75, 3.05) is 6.54 Å². The van der Waals surface area contributed by atoms with Gasteiger partial charge < -0.3 is 15.3 Å². The average molecular weight is 477 g/mol. The van der Waals surface area contributed by atoms with E-state index in [4.69, 9.17) is 16.1 Å². The lowest BCUT2D eigenvalue weighted by Gasteiger charge is -2.27. The molecule has 7 nitrogen and oxygen atoms in total. The largest absolute Gasteiger partial charge is 0.391 e. The Kier molecular flexibility index (Phi) is 7.54. The molecular formula is C25H35ClN3O4+. The second-order valence-corrected chi connectivity index (χ2v) is 10.7. The number of aromatic nitrogens is 1. The van der Waals surface area contributed by atoms with Crippen molar-refractivity contribution in [2.24, 2.45) is 5.92 Å². The maximum Gasteiger partial charge on any atom is 0.297 e. The van der Waals surface area contributed by atoms with Crippen LogP contribution in [0.1, 0.15) is 63.8 Å². The van der Waals surface area contributed by atoms with Crippen molar-refractivity contribution in [1.82, 2.24) is 10.2 Å². The molecule has 0 saturated carbocycles. The number of amides is 2. The number of nitrogens with zero attached hydrogens (tertiary/aromatic N) is 2. The average Bonchev–Trinajstić information content (AvgIpc) is 3.31. The first kappa shape index (κ1) is 25.2. The van der Waals surface area contributed by atoms with Gasteiger partial charge in [0, 0.05) is 30.5 Å². The van der Waals surface area contributed by atoms with Gasteiger partial charge in [-0.2, -0.15) is 0 Å². The van der Waals surface area contributed by atoms with Crippen LogP contribution in [0.15, 0.2) is 35.2 Å². The number of nitrogens with one attached hydrogen (secondary N) is 1. The lowest BCUT2D eigenvalue weighted by Crippen LogP contribution is -2.54. The molecule has 1 aromatic heterocycles. The van der Waals surface area contributed by atoms with Gasteiger partial charge in [-0.15, -0.1) is 0 Å². The van der Waals surface area contributed by atoms with Crippen LogP contribution in [0.5, 0.6) is 0 Å². The summed E-state index contributed by atoms with van der Waals surface area (Å²) >= 11 is 6.20. The second kappa shape index (κ2) is 9.85. The van der Waals surface area contributed by atoms with Gasteiger partial charge in [0.1, 0.15) is 6.04 Å². The molecule has 33 heavy (non-hydrogen) atoms. The van der Waals surface area contributed by atoms with E-state index in [0.29, 0.717) is 11.6 Å². The molecule has 2 aromatic rings. The van der Waals surface area contributed by atoms with Crippen LogP contribution in [0.3, 0.4) is 0 Å². The third-order valence-corrected chi connectivity index (χ3v) is 6.28. The normalized spacial score (nSPS) is 19.7. The maximum atomic E-state index is 13.5. The van der Waals surface area contributed by atoms with Crippen molar-refractivity contribution < 1.29 is 24.0 Å². The molecule has 1 aliphatic rings. The summed E-state index contributed by atoms with van der Waals surface area (Å²) in [5.41, 5.74) is 2.79. The van der Waals surface area contributed by atoms with E-state index in [9.17, 15) is 14.7 Å². The summed E-state index contributed by atoms with van der Waals surface area (Å²) in [5.74, 6) is -0.571. The Hall–Kier alpha value is -2.38. The summed E-state index contributed by atoms with van der Waals surface area (Å²) in [6.45, 7) is 12.5. The summed E-state index contributed by atoms with van der Waals surface area (Å²) in [7, 11) is 0. The Morgan fingerprint density at radius 3 is 2.61 bits per heavy atom. The topological polar surface area (TPSA) is 86.7 Å². The van der Waals surface area contributed by atoms with Gasteiger partial charge in [0.25, 0.3) is 11.9 Å². The molecule has 0 unspecified atom stereocenters. The van der Waals surface area contributed by atoms with Crippen molar-refractivity contribution in [3.63, 3.8) is 0 Å². The number of carbonyl (C=O) groups excluding carboxylic acids is 2. The van der Waals surface area contributed by atoms with E-state index in [-0.39, 0.29) is 36.1 Å². The number of hydrogen-bond acceptors (Lipinski definition) is 4. The highest BCUT2D eigenvalue weighted by atomic mass is 35.5. The monoisotopic (exact) mass is 476 g/mol. The molecule has 0 aliphatic carbocycles. The first-order valence-electron chi connectivity index (χ1n) is 11.4. The molecule has 0 spiro atoms. The fourth-order valence-electron chi connectivity index (χ4n) is 4.42. The van der Waals surface area contributed by atoms with Crippen LogP contribution in [0, 0.1) is 12.8 Å². The molecule has 2 heterocycles. The Morgan fingerprint density at radius 2 is 2.03 bits per heavy atom. The van der Waals surface area contributed by atoms with Gasteiger partial charge in [-0.25, -0.2) is 4.52 Å². The summed E-state index contributed by atoms with van der Waals surface area (Å²) in [4.78, 5) is 28.1. The minimum Gasteiger partial charge on any atom is -0.391 e. The van der Waals surface area contributed by atoms with Crippen LogP contribution in [0.4, 0.5) is 0 Å². The lowest BCUT2D eigenvalue weighted by molar-refractivity contribution is -0.876. The number of hydrogen-bond donors (Lipinski definition) is 2. The summed E-state index contributed by atoms with van der Waals surface area (Å²) in [5, 5.41) is 13.9. The highest BCUT2D eigenvalue weighted by molar-refractivity contribution is 6.30. The number of rotatable bonds is 6. The summed E-state index contributed by atoms with van der Waals surface area (Å²) in [6.07, 6.45) is 2.82. The zero-order valence-corrected chi connectivity index (χ0v) is 21.0. The number of carbonyl (C=O) groups is 2. The number of halogens is 1. The van der Waals surface area contributed by atoms with Crippen molar-refractivity contribution in [2.45, 2.75) is 78.1 Å². The Balaban J connectivity index is 1.78. The molecule has 3 rings (SSSR count). The number of benzene rings is 1. The molecular weight excluding hydrogens is 442 g/mol. The van der Waals surface area contributed by atoms with Gasteiger partial charge >= 0.3 is 0 Å². The van der Waals surface area contributed by atoms with Crippen molar-refractivity contribution in [1.29, 1.82) is 0 Å². The Morgan fingerprint density at radius 1 is 1.33 bits per heavy atom. The number of aliphatic hydroxyl groups excluding tert-OH is 1. The predicted octanol–water partition coefficient (Wildman–Crippen LogP) is 3.30. The SMILES string of the molecule is Cc1co[n+]([C@H](C(=O)N2C[C@H](O)C[C@H]2C(=O)NCc2ccc(Cl)cc2C(C)(C)C)C(C)C)c1. The van der Waals surface area contributed by atoms with Crippen LogP contribution in [0.2, 0.25) is 5.02 Å². The number of β-amino-alcohol motifs (C(OH)–C–C–N with tert-alkyl or cyclic N) is 1. The third-order valence-electron chi connectivity index (χ3n) is 6.05. The minimum atomic E-state index is -0.749. The van der Waals surface area contributed by atoms with Gasteiger partial charge in [-0.05, 0) is 40.3 Å². The van der Waals surface area contributed by atoms with Gasteiger partial charge in [-0.3, -0.25) is 9.59 Å². The molecule has 1 fully saturated rings. The number of aryl methyl sites for hydroxylation is 1. The molecule has 180 valence electrons. The smallest absolute Gasteiger partial charge is 0.297 e. The molecule has 8 heteroatoms. The van der Waals surface area contributed by atoms with Crippen LogP contribution in [-0.4, -0.2) is 40.5 Å². The predicted molar refractivity (Wildman–Crippen MR) is 126 cm³/mol. The van der Waals surface area contributed by atoms with Crippen LogP contribution >= 0.6 is 11.6 Å². The fraction of sp³-hybridized carbons (Fsp3) is 0.560. The molecule has 2 N–H and O–H groups in total. The Bertz CT molecular complexity index is 1010. The standard InChI is InChI=1S/C25H34ClN3O4/c1-15(2)22(29-12-16(3)14-33-29)24(32)28-13-19(30)10-21(28)23(31)27-11-17-7-8-18(26)9-20(17)25(4,5)6/h7-9,12,14-15,19,21-22,30H,10-11,13H2,1-6H3/p+1/t19-,21+,22+/m1/s1. The third kappa shape index (κ3) is 5.76. The van der Waals surface area contributed by atoms with E-state index in [1.165, 1.54) is 9.64 Å². The van der Waals surface area contributed by atoms with Gasteiger partial charge in [-0.1, -0.05) is 52.3 Å². The number of aliphatic hydroxyl groups is 1. The van der Waals surface area contributed by atoms with Crippen molar-refractivity contribution >= 4 is 23.4 Å². The van der Waals surface area contributed by atoms with Crippen LogP contribution < -0.4 is 10.1 Å². The highest BCUT2D eigenvalue weighted by Crippen LogP contribution is 2.29. The van der Waals surface area contributed by atoms with E-state index >= 15 is 0 Å². The van der Waals surface area contributed by atoms with E-state index in [1.807, 2.05) is 39.0 Å². The molecule has 1 saturated heterocycles. The highest BCUT2D eigenvalue weighted by Gasteiger charge is 2.46. The zero-order chi connectivity index (χ0) is 24.5. The van der Waals surface area contributed by atoms with E-state index in [2.05, 4.69) is 26.1 Å². The first-order valence-corrected chi connectivity index (χ1v) is 11.8. The van der Waals surface area contributed by atoms with Crippen LogP contribution in [-0.2, 0) is 21.5 Å². The van der Waals surface area contributed by atoms with E-state index in [0.717, 1.165) is 16.7 Å². The van der Waals surface area contributed by atoms with E-state index < -0.39 is 18.2 Å². The van der Waals surface area contributed by atoms with Gasteiger partial charge in [0.05, 0.1) is 11.7 Å². The minimum absolute atomic E-state index is 0.0575.